The predicted octanol–water partition coefficient (Wildman–Crippen LogP) is 2.52. The van der Waals surface area contributed by atoms with E-state index in [1.807, 2.05) is 0 Å². The predicted molar refractivity (Wildman–Crippen MR) is 82.9 cm³/mol. The van der Waals surface area contributed by atoms with Gasteiger partial charge in [-0.15, -0.1) is 0 Å². The highest BCUT2D eigenvalue weighted by Crippen LogP contribution is 2.16. The molecule has 0 N–H and O–H groups in total. The van der Waals surface area contributed by atoms with Crippen LogP contribution < -0.4 is 4.74 Å². The molecule has 1 aliphatic rings. The molecule has 6 heteroatoms. The lowest BCUT2D eigenvalue weighted by atomic mass is 10.0. The van der Waals surface area contributed by atoms with Crippen molar-refractivity contribution in [1.82, 2.24) is 4.90 Å². The number of nitrogens with zero attached hydrogens (tertiary/aromatic N) is 1. The Kier molecular flexibility index (Phi) is 6.07. The summed E-state index contributed by atoms with van der Waals surface area (Å²) < 4.78 is 10.2. The number of likely N-dealkylation sites (tertiary alicyclic amines) is 1. The van der Waals surface area contributed by atoms with E-state index < -0.39 is 5.97 Å². The van der Waals surface area contributed by atoms with Gasteiger partial charge in [-0.3, -0.25) is 4.79 Å². The van der Waals surface area contributed by atoms with E-state index in [1.54, 1.807) is 29.2 Å². The van der Waals surface area contributed by atoms with Gasteiger partial charge in [0.25, 0.3) is 5.91 Å². The molecule has 0 aliphatic carbocycles. The van der Waals surface area contributed by atoms with Crippen LogP contribution in [0, 0.1) is 5.92 Å². The van der Waals surface area contributed by atoms with Crippen LogP contribution in [0.2, 0.25) is 5.02 Å². The molecule has 120 valence electrons. The topological polar surface area (TPSA) is 55.8 Å². The minimum Gasteiger partial charge on any atom is -0.482 e. The first kappa shape index (κ1) is 16.6. The summed E-state index contributed by atoms with van der Waals surface area (Å²) in [6, 6.07) is 6.66. The zero-order valence-corrected chi connectivity index (χ0v) is 13.3. The average Bonchev–Trinajstić information content (AvgIpc) is 2.52. The van der Waals surface area contributed by atoms with Crippen LogP contribution in [0.1, 0.15) is 19.8 Å². The zero-order chi connectivity index (χ0) is 15.9. The van der Waals surface area contributed by atoms with Crippen LogP contribution in [0.25, 0.3) is 0 Å². The number of ether oxygens (including phenoxy) is 2. The second kappa shape index (κ2) is 8.03. The minimum atomic E-state index is -0.562. The summed E-state index contributed by atoms with van der Waals surface area (Å²) in [5, 5.41) is 0.594. The summed E-state index contributed by atoms with van der Waals surface area (Å²) in [7, 11) is 0. The summed E-state index contributed by atoms with van der Waals surface area (Å²) in [6.45, 7) is 3.13. The highest BCUT2D eigenvalue weighted by molar-refractivity contribution is 6.30. The second-order valence-corrected chi connectivity index (χ2v) is 5.93. The highest BCUT2D eigenvalue weighted by atomic mass is 35.5. The van der Waals surface area contributed by atoms with Gasteiger partial charge in [-0.2, -0.15) is 0 Å². The Morgan fingerprint density at radius 1 is 1.27 bits per heavy atom. The molecule has 0 saturated carbocycles. The van der Waals surface area contributed by atoms with Crippen LogP contribution in [0.4, 0.5) is 0 Å². The molecule has 1 aromatic carbocycles. The van der Waals surface area contributed by atoms with E-state index in [1.165, 1.54) is 0 Å². The second-order valence-electron chi connectivity index (χ2n) is 5.49. The number of hydrogen-bond donors (Lipinski definition) is 0. The van der Waals surface area contributed by atoms with Crippen molar-refractivity contribution in [3.63, 3.8) is 0 Å². The molecule has 0 radical (unpaired) electrons. The molecule has 2 rings (SSSR count). The smallest absolute Gasteiger partial charge is 0.344 e. The van der Waals surface area contributed by atoms with E-state index >= 15 is 0 Å². The van der Waals surface area contributed by atoms with E-state index in [0.29, 0.717) is 16.7 Å². The minimum absolute atomic E-state index is 0.147. The lowest BCUT2D eigenvalue weighted by Gasteiger charge is -2.30. The maximum Gasteiger partial charge on any atom is 0.344 e. The van der Waals surface area contributed by atoms with E-state index in [-0.39, 0.29) is 19.1 Å². The number of carbonyl (C=O) groups is 2. The molecule has 0 spiro atoms. The monoisotopic (exact) mass is 325 g/mol. The number of halogens is 1. The molecule has 0 bridgehead atoms. The molecule has 1 heterocycles. The molecule has 1 saturated heterocycles. The summed E-state index contributed by atoms with van der Waals surface area (Å²) in [5.41, 5.74) is 0. The Morgan fingerprint density at radius 3 is 2.68 bits per heavy atom. The summed E-state index contributed by atoms with van der Waals surface area (Å²) >= 11 is 5.75. The Bertz CT molecular complexity index is 517. The quantitative estimate of drug-likeness (QED) is 0.781. The lowest BCUT2D eigenvalue weighted by molar-refractivity contribution is -0.154. The van der Waals surface area contributed by atoms with Crippen molar-refractivity contribution in [2.24, 2.45) is 5.92 Å². The maximum atomic E-state index is 12.0. The fraction of sp³-hybridized carbons (Fsp3) is 0.500. The number of hydrogen-bond acceptors (Lipinski definition) is 4. The summed E-state index contributed by atoms with van der Waals surface area (Å²) in [4.78, 5) is 25.3. The standard InChI is InChI=1S/C16H20ClNO4/c1-12-3-2-8-18(9-12)15(19)10-22-16(20)11-21-14-6-4-13(17)5-7-14/h4-7,12H,2-3,8-11H2,1H3. The van der Waals surface area contributed by atoms with Crippen LogP contribution >= 0.6 is 11.6 Å². The Balaban J connectivity index is 1.68. The van der Waals surface area contributed by atoms with Crippen LogP contribution in [-0.4, -0.2) is 43.1 Å². The number of amides is 1. The first-order valence-corrected chi connectivity index (χ1v) is 7.74. The molecule has 0 aromatic heterocycles. The molecule has 5 nitrogen and oxygen atoms in total. The van der Waals surface area contributed by atoms with Gasteiger partial charge in [0.15, 0.2) is 13.2 Å². The van der Waals surface area contributed by atoms with E-state index in [0.717, 1.165) is 25.9 Å². The van der Waals surface area contributed by atoms with Gasteiger partial charge in [-0.1, -0.05) is 18.5 Å². The van der Waals surface area contributed by atoms with Crippen LogP contribution in [0.5, 0.6) is 5.75 Å². The molecule has 1 atom stereocenters. The van der Waals surface area contributed by atoms with Gasteiger partial charge in [0.2, 0.25) is 0 Å². The van der Waals surface area contributed by atoms with Crippen molar-refractivity contribution >= 4 is 23.5 Å². The van der Waals surface area contributed by atoms with E-state index in [2.05, 4.69) is 6.92 Å². The van der Waals surface area contributed by atoms with Crippen molar-refractivity contribution < 1.29 is 19.1 Å². The summed E-state index contributed by atoms with van der Waals surface area (Å²) in [6.07, 6.45) is 2.14. The van der Waals surface area contributed by atoms with Crippen molar-refractivity contribution in [1.29, 1.82) is 0 Å². The Morgan fingerprint density at radius 2 is 2.00 bits per heavy atom. The Labute approximate surface area is 135 Å². The fourth-order valence-electron chi connectivity index (χ4n) is 2.36. The van der Waals surface area contributed by atoms with Crippen LogP contribution in [-0.2, 0) is 14.3 Å². The molecule has 1 aromatic rings. The molecule has 1 unspecified atom stereocenters. The third kappa shape index (κ3) is 5.22. The third-order valence-electron chi connectivity index (χ3n) is 3.54. The SMILES string of the molecule is CC1CCCN(C(=O)COC(=O)COc2ccc(Cl)cc2)C1. The summed E-state index contributed by atoms with van der Waals surface area (Å²) in [5.74, 6) is 0.318. The number of carbonyl (C=O) groups excluding carboxylic acids is 2. The van der Waals surface area contributed by atoms with Gasteiger partial charge >= 0.3 is 5.97 Å². The van der Waals surface area contributed by atoms with Crippen molar-refractivity contribution in [2.75, 3.05) is 26.3 Å². The largest absolute Gasteiger partial charge is 0.482 e. The van der Waals surface area contributed by atoms with Crippen molar-refractivity contribution in [3.8, 4) is 5.75 Å². The van der Waals surface area contributed by atoms with Gasteiger partial charge in [0.05, 0.1) is 0 Å². The van der Waals surface area contributed by atoms with Gasteiger partial charge in [-0.05, 0) is 43.0 Å². The van der Waals surface area contributed by atoms with Gasteiger partial charge in [0, 0.05) is 18.1 Å². The highest BCUT2D eigenvalue weighted by Gasteiger charge is 2.21. The van der Waals surface area contributed by atoms with Gasteiger partial charge in [-0.25, -0.2) is 4.79 Å². The molecular weight excluding hydrogens is 306 g/mol. The number of benzene rings is 1. The zero-order valence-electron chi connectivity index (χ0n) is 12.6. The number of rotatable bonds is 5. The number of esters is 1. The van der Waals surface area contributed by atoms with E-state index in [9.17, 15) is 9.59 Å². The molecular formula is C16H20ClNO4. The van der Waals surface area contributed by atoms with Crippen molar-refractivity contribution in [3.05, 3.63) is 29.3 Å². The van der Waals surface area contributed by atoms with Crippen LogP contribution in [0.3, 0.4) is 0 Å². The van der Waals surface area contributed by atoms with Gasteiger partial charge < -0.3 is 14.4 Å². The molecule has 1 aliphatic heterocycles. The average molecular weight is 326 g/mol. The number of piperidine rings is 1. The first-order valence-electron chi connectivity index (χ1n) is 7.36. The maximum absolute atomic E-state index is 12.0. The lowest BCUT2D eigenvalue weighted by Crippen LogP contribution is -2.41. The molecule has 1 amide bonds. The van der Waals surface area contributed by atoms with Crippen LogP contribution in [0.15, 0.2) is 24.3 Å². The van der Waals surface area contributed by atoms with Gasteiger partial charge in [0.1, 0.15) is 5.75 Å². The van der Waals surface area contributed by atoms with Crippen molar-refractivity contribution in [2.45, 2.75) is 19.8 Å². The van der Waals surface area contributed by atoms with E-state index in [4.69, 9.17) is 21.1 Å². The normalized spacial score (nSPS) is 17.9. The third-order valence-corrected chi connectivity index (χ3v) is 3.79. The molecule has 22 heavy (non-hydrogen) atoms. The fourth-order valence-corrected chi connectivity index (χ4v) is 2.49. The molecule has 1 fully saturated rings. The Hall–Kier alpha value is -1.75. The first-order chi connectivity index (χ1) is 10.5.